The molecule has 1 amide bonds. The van der Waals surface area contributed by atoms with E-state index in [1.54, 1.807) is 0 Å². The summed E-state index contributed by atoms with van der Waals surface area (Å²) in [6, 6.07) is 8.51. The molecule has 1 aromatic carbocycles. The number of halogens is 1. The van der Waals surface area contributed by atoms with E-state index in [-0.39, 0.29) is 5.91 Å². The van der Waals surface area contributed by atoms with E-state index in [2.05, 4.69) is 27.8 Å². The Bertz CT molecular complexity index is 395. The van der Waals surface area contributed by atoms with Crippen LogP contribution in [0.1, 0.15) is 38.2 Å². The van der Waals surface area contributed by atoms with Crippen LogP contribution in [0.15, 0.2) is 28.7 Å². The fourth-order valence-corrected chi connectivity index (χ4v) is 3.00. The van der Waals surface area contributed by atoms with Crippen molar-refractivity contribution in [3.63, 3.8) is 0 Å². The van der Waals surface area contributed by atoms with Gasteiger partial charge in [0, 0.05) is 17.1 Å². The molecule has 0 N–H and O–H groups in total. The summed E-state index contributed by atoms with van der Waals surface area (Å²) < 4.78 is 1.06. The zero-order valence-electron chi connectivity index (χ0n) is 10.9. The highest BCUT2D eigenvalue weighted by molar-refractivity contribution is 9.10. The molecule has 0 bridgehead atoms. The third-order valence-electron chi connectivity index (χ3n) is 3.70. The maximum absolute atomic E-state index is 12.3. The van der Waals surface area contributed by atoms with Crippen molar-refractivity contribution in [1.82, 2.24) is 4.90 Å². The van der Waals surface area contributed by atoms with Crippen LogP contribution in [0.2, 0.25) is 0 Å². The SMILES string of the molecule is CCN(C(=O)Cc1ccc(Br)cc1)C1CCCC1. The maximum Gasteiger partial charge on any atom is 0.227 e. The smallest absolute Gasteiger partial charge is 0.227 e. The molecule has 3 heteroatoms. The monoisotopic (exact) mass is 309 g/mol. The molecule has 1 saturated carbocycles. The number of hydrogen-bond acceptors (Lipinski definition) is 1. The van der Waals surface area contributed by atoms with Crippen LogP contribution < -0.4 is 0 Å². The van der Waals surface area contributed by atoms with Crippen molar-refractivity contribution in [2.24, 2.45) is 0 Å². The summed E-state index contributed by atoms with van der Waals surface area (Å²) in [4.78, 5) is 14.4. The number of nitrogens with zero attached hydrogens (tertiary/aromatic N) is 1. The van der Waals surface area contributed by atoms with Crippen molar-refractivity contribution in [3.05, 3.63) is 34.3 Å². The Hall–Kier alpha value is -0.830. The Morgan fingerprint density at radius 2 is 1.89 bits per heavy atom. The summed E-state index contributed by atoms with van der Waals surface area (Å²) in [5, 5.41) is 0. The fourth-order valence-electron chi connectivity index (χ4n) is 2.73. The molecule has 98 valence electrons. The van der Waals surface area contributed by atoms with E-state index < -0.39 is 0 Å². The largest absolute Gasteiger partial charge is 0.340 e. The first-order valence-corrected chi connectivity index (χ1v) is 7.54. The highest BCUT2D eigenvalue weighted by Crippen LogP contribution is 2.24. The van der Waals surface area contributed by atoms with Crippen LogP contribution in [0.25, 0.3) is 0 Å². The normalized spacial score (nSPS) is 15.9. The number of rotatable bonds is 4. The van der Waals surface area contributed by atoms with E-state index in [0.717, 1.165) is 16.6 Å². The van der Waals surface area contributed by atoms with Gasteiger partial charge in [0.15, 0.2) is 0 Å². The van der Waals surface area contributed by atoms with Crippen molar-refractivity contribution >= 4 is 21.8 Å². The van der Waals surface area contributed by atoms with Crippen LogP contribution >= 0.6 is 15.9 Å². The van der Waals surface area contributed by atoms with Gasteiger partial charge in [-0.25, -0.2) is 0 Å². The number of amides is 1. The van der Waals surface area contributed by atoms with Crippen molar-refractivity contribution in [3.8, 4) is 0 Å². The maximum atomic E-state index is 12.3. The highest BCUT2D eigenvalue weighted by Gasteiger charge is 2.25. The summed E-state index contributed by atoms with van der Waals surface area (Å²) in [6.07, 6.45) is 5.43. The third kappa shape index (κ3) is 3.35. The predicted octanol–water partition coefficient (Wildman–Crippen LogP) is 3.78. The van der Waals surface area contributed by atoms with Gasteiger partial charge in [-0.3, -0.25) is 4.79 Å². The van der Waals surface area contributed by atoms with E-state index in [1.165, 1.54) is 25.7 Å². The summed E-state index contributed by atoms with van der Waals surface area (Å²) >= 11 is 3.41. The Kier molecular flexibility index (Phi) is 4.81. The van der Waals surface area contributed by atoms with Crippen LogP contribution in [0.4, 0.5) is 0 Å². The number of carbonyl (C=O) groups is 1. The van der Waals surface area contributed by atoms with Crippen molar-refractivity contribution < 1.29 is 4.79 Å². The van der Waals surface area contributed by atoms with Gasteiger partial charge in [0.25, 0.3) is 0 Å². The first-order valence-electron chi connectivity index (χ1n) is 6.74. The quantitative estimate of drug-likeness (QED) is 0.829. The lowest BCUT2D eigenvalue weighted by atomic mass is 10.1. The second-order valence-corrected chi connectivity index (χ2v) is 5.84. The number of hydrogen-bond donors (Lipinski definition) is 0. The van der Waals surface area contributed by atoms with Gasteiger partial charge in [-0.15, -0.1) is 0 Å². The molecule has 0 spiro atoms. The zero-order chi connectivity index (χ0) is 13.0. The minimum Gasteiger partial charge on any atom is -0.340 e. The molecule has 1 aliphatic carbocycles. The molecule has 0 heterocycles. The molecule has 1 fully saturated rings. The van der Waals surface area contributed by atoms with Gasteiger partial charge in [-0.05, 0) is 37.5 Å². The summed E-state index contributed by atoms with van der Waals surface area (Å²) in [5.74, 6) is 0.270. The Morgan fingerprint density at radius 1 is 1.28 bits per heavy atom. The molecular formula is C15H20BrNO. The van der Waals surface area contributed by atoms with E-state index in [0.29, 0.717) is 12.5 Å². The van der Waals surface area contributed by atoms with Crippen molar-refractivity contribution in [1.29, 1.82) is 0 Å². The zero-order valence-corrected chi connectivity index (χ0v) is 12.4. The second kappa shape index (κ2) is 6.37. The lowest BCUT2D eigenvalue weighted by Gasteiger charge is -2.27. The molecule has 0 radical (unpaired) electrons. The second-order valence-electron chi connectivity index (χ2n) is 4.92. The van der Waals surface area contributed by atoms with Crippen LogP contribution in [0, 0.1) is 0 Å². The number of carbonyl (C=O) groups excluding carboxylic acids is 1. The Labute approximate surface area is 117 Å². The molecule has 0 aliphatic heterocycles. The molecule has 2 rings (SSSR count). The summed E-state index contributed by atoms with van der Waals surface area (Å²) in [5.41, 5.74) is 1.10. The Morgan fingerprint density at radius 3 is 2.44 bits per heavy atom. The summed E-state index contributed by atoms with van der Waals surface area (Å²) in [7, 11) is 0. The fraction of sp³-hybridized carbons (Fsp3) is 0.533. The minimum absolute atomic E-state index is 0.270. The van der Waals surface area contributed by atoms with Gasteiger partial charge < -0.3 is 4.90 Å². The standard InChI is InChI=1S/C15H20BrNO/c1-2-17(14-5-3-4-6-14)15(18)11-12-7-9-13(16)10-8-12/h7-10,14H,2-6,11H2,1H3. The first kappa shape index (κ1) is 13.6. The molecule has 18 heavy (non-hydrogen) atoms. The van der Waals surface area contributed by atoms with E-state index >= 15 is 0 Å². The Balaban J connectivity index is 1.98. The van der Waals surface area contributed by atoms with Crippen molar-refractivity contribution in [2.75, 3.05) is 6.54 Å². The lowest BCUT2D eigenvalue weighted by molar-refractivity contribution is -0.132. The average molecular weight is 310 g/mol. The first-order chi connectivity index (χ1) is 8.70. The van der Waals surface area contributed by atoms with Gasteiger partial charge in [0.05, 0.1) is 6.42 Å². The van der Waals surface area contributed by atoms with Crippen LogP contribution in [0.3, 0.4) is 0 Å². The molecule has 2 nitrogen and oxygen atoms in total. The molecular weight excluding hydrogens is 290 g/mol. The van der Waals surface area contributed by atoms with Crippen LogP contribution in [-0.4, -0.2) is 23.4 Å². The van der Waals surface area contributed by atoms with Gasteiger partial charge in [0.2, 0.25) is 5.91 Å². The third-order valence-corrected chi connectivity index (χ3v) is 4.22. The molecule has 1 aromatic rings. The van der Waals surface area contributed by atoms with Crippen LogP contribution in [0.5, 0.6) is 0 Å². The van der Waals surface area contributed by atoms with Gasteiger partial charge >= 0.3 is 0 Å². The van der Waals surface area contributed by atoms with Gasteiger partial charge in [-0.1, -0.05) is 40.9 Å². The van der Waals surface area contributed by atoms with Crippen LogP contribution in [-0.2, 0) is 11.2 Å². The molecule has 0 saturated heterocycles. The molecule has 1 aliphatic rings. The van der Waals surface area contributed by atoms with E-state index in [1.807, 2.05) is 24.3 Å². The summed E-state index contributed by atoms with van der Waals surface area (Å²) in [6.45, 7) is 2.91. The van der Waals surface area contributed by atoms with E-state index in [9.17, 15) is 4.79 Å². The average Bonchev–Trinajstić information content (AvgIpc) is 2.87. The highest BCUT2D eigenvalue weighted by atomic mass is 79.9. The van der Waals surface area contributed by atoms with Gasteiger partial charge in [-0.2, -0.15) is 0 Å². The number of likely N-dealkylation sites (N-methyl/N-ethyl adjacent to an activating group) is 1. The van der Waals surface area contributed by atoms with Crippen molar-refractivity contribution in [2.45, 2.75) is 45.1 Å². The molecule has 0 atom stereocenters. The molecule has 0 unspecified atom stereocenters. The number of benzene rings is 1. The molecule has 0 aromatic heterocycles. The topological polar surface area (TPSA) is 20.3 Å². The minimum atomic E-state index is 0.270. The van der Waals surface area contributed by atoms with E-state index in [4.69, 9.17) is 0 Å². The predicted molar refractivity (Wildman–Crippen MR) is 77.5 cm³/mol. The van der Waals surface area contributed by atoms with Gasteiger partial charge in [0.1, 0.15) is 0 Å². The lowest BCUT2D eigenvalue weighted by Crippen LogP contribution is -2.39.